The summed E-state index contributed by atoms with van der Waals surface area (Å²) >= 11 is 0. The minimum absolute atomic E-state index is 0.0135. The van der Waals surface area contributed by atoms with Crippen LogP contribution in [0.3, 0.4) is 0 Å². The van der Waals surface area contributed by atoms with Gasteiger partial charge in [0.1, 0.15) is 0 Å². The number of nitrogens with zero attached hydrogens (tertiary/aromatic N) is 2. The predicted octanol–water partition coefficient (Wildman–Crippen LogP) is 1.25. The molecule has 1 unspecified atom stereocenters. The third-order valence-corrected chi connectivity index (χ3v) is 4.31. The van der Waals surface area contributed by atoms with Crippen molar-refractivity contribution < 1.29 is 14.7 Å². The average Bonchev–Trinajstić information content (AvgIpc) is 3.27. The van der Waals surface area contributed by atoms with Crippen molar-refractivity contribution in [3.8, 4) is 0 Å². The standard InChI is InChI=1S/C16H28N2O3/c1-16(2,3)15(21)17-8-4-5-12(11-17)14(20)18(9-10-19)13-6-7-13/h12-13,19H,4-11H2,1-3H3. The van der Waals surface area contributed by atoms with Gasteiger partial charge in [-0.3, -0.25) is 9.59 Å². The van der Waals surface area contributed by atoms with Crippen LogP contribution in [0.2, 0.25) is 0 Å². The molecule has 1 aliphatic heterocycles. The maximum atomic E-state index is 12.7. The van der Waals surface area contributed by atoms with E-state index >= 15 is 0 Å². The number of likely N-dealkylation sites (tertiary alicyclic amines) is 1. The van der Waals surface area contributed by atoms with E-state index in [1.165, 1.54) is 0 Å². The summed E-state index contributed by atoms with van der Waals surface area (Å²) in [6.07, 6.45) is 3.82. The highest BCUT2D eigenvalue weighted by Gasteiger charge is 2.38. The minimum Gasteiger partial charge on any atom is -0.395 e. The van der Waals surface area contributed by atoms with Crippen LogP contribution in [0.25, 0.3) is 0 Å². The van der Waals surface area contributed by atoms with Crippen LogP contribution in [0.1, 0.15) is 46.5 Å². The fourth-order valence-corrected chi connectivity index (χ4v) is 3.04. The zero-order valence-electron chi connectivity index (χ0n) is 13.5. The second-order valence-corrected chi connectivity index (χ2v) is 7.33. The van der Waals surface area contributed by atoms with Crippen LogP contribution in [0.5, 0.6) is 0 Å². The number of amides is 2. The Morgan fingerprint density at radius 2 is 1.90 bits per heavy atom. The molecule has 5 nitrogen and oxygen atoms in total. The Hall–Kier alpha value is -1.10. The third-order valence-electron chi connectivity index (χ3n) is 4.31. The van der Waals surface area contributed by atoms with Crippen molar-refractivity contribution in [2.24, 2.45) is 11.3 Å². The molecule has 1 N–H and O–H groups in total. The number of hydrogen-bond donors (Lipinski definition) is 1. The van der Waals surface area contributed by atoms with E-state index in [9.17, 15) is 9.59 Å². The fraction of sp³-hybridized carbons (Fsp3) is 0.875. The first kappa shape index (κ1) is 16.3. The SMILES string of the molecule is CC(C)(C)C(=O)N1CCCC(C(=O)N(CCO)C2CC2)C1. The second kappa shape index (κ2) is 6.34. The molecule has 2 rings (SSSR count). The van der Waals surface area contributed by atoms with E-state index in [0.717, 1.165) is 32.2 Å². The summed E-state index contributed by atoms with van der Waals surface area (Å²) in [7, 11) is 0. The van der Waals surface area contributed by atoms with Crippen LogP contribution in [-0.4, -0.2) is 59.0 Å². The molecule has 2 aliphatic rings. The van der Waals surface area contributed by atoms with E-state index in [4.69, 9.17) is 5.11 Å². The molecule has 0 aromatic carbocycles. The van der Waals surface area contributed by atoms with Gasteiger partial charge in [0.05, 0.1) is 12.5 Å². The highest BCUT2D eigenvalue weighted by Crippen LogP contribution is 2.30. The molecule has 0 bridgehead atoms. The number of hydrogen-bond acceptors (Lipinski definition) is 3. The van der Waals surface area contributed by atoms with E-state index in [0.29, 0.717) is 19.1 Å². The summed E-state index contributed by atoms with van der Waals surface area (Å²) in [5, 5.41) is 9.15. The number of carbonyl (C=O) groups excluding carboxylic acids is 2. The van der Waals surface area contributed by atoms with Gasteiger partial charge in [0.25, 0.3) is 0 Å². The smallest absolute Gasteiger partial charge is 0.227 e. The van der Waals surface area contributed by atoms with Crippen molar-refractivity contribution in [2.75, 3.05) is 26.2 Å². The first-order chi connectivity index (χ1) is 9.84. The number of aliphatic hydroxyl groups excluding tert-OH is 1. The van der Waals surface area contributed by atoms with E-state index < -0.39 is 5.41 Å². The Morgan fingerprint density at radius 3 is 2.43 bits per heavy atom. The molecule has 2 fully saturated rings. The molecule has 1 saturated heterocycles. The Labute approximate surface area is 127 Å². The molecule has 1 saturated carbocycles. The van der Waals surface area contributed by atoms with Crippen LogP contribution in [0.4, 0.5) is 0 Å². The van der Waals surface area contributed by atoms with Gasteiger partial charge in [-0.05, 0) is 25.7 Å². The van der Waals surface area contributed by atoms with Crippen molar-refractivity contribution in [3.05, 3.63) is 0 Å². The lowest BCUT2D eigenvalue weighted by Crippen LogP contribution is -2.50. The first-order valence-electron chi connectivity index (χ1n) is 8.05. The number of piperidine rings is 1. The molecular formula is C16H28N2O3. The monoisotopic (exact) mass is 296 g/mol. The Bertz CT molecular complexity index is 399. The van der Waals surface area contributed by atoms with Crippen LogP contribution < -0.4 is 0 Å². The molecule has 120 valence electrons. The lowest BCUT2D eigenvalue weighted by Gasteiger charge is -2.37. The van der Waals surface area contributed by atoms with Crippen LogP contribution in [-0.2, 0) is 9.59 Å². The van der Waals surface area contributed by atoms with Crippen LogP contribution in [0, 0.1) is 11.3 Å². The normalized spacial score (nSPS) is 23.0. The predicted molar refractivity (Wildman–Crippen MR) is 80.6 cm³/mol. The van der Waals surface area contributed by atoms with Crippen molar-refractivity contribution in [2.45, 2.75) is 52.5 Å². The Kier molecular flexibility index (Phi) is 4.91. The van der Waals surface area contributed by atoms with Crippen molar-refractivity contribution in [1.82, 2.24) is 9.80 Å². The van der Waals surface area contributed by atoms with Crippen molar-refractivity contribution in [3.63, 3.8) is 0 Å². The highest BCUT2D eigenvalue weighted by atomic mass is 16.3. The minimum atomic E-state index is -0.397. The highest BCUT2D eigenvalue weighted by molar-refractivity contribution is 5.84. The maximum Gasteiger partial charge on any atom is 0.227 e. The quantitative estimate of drug-likeness (QED) is 0.849. The van der Waals surface area contributed by atoms with E-state index in [-0.39, 0.29) is 24.3 Å². The molecule has 2 amide bonds. The maximum absolute atomic E-state index is 12.7. The van der Waals surface area contributed by atoms with Gasteiger partial charge in [-0.15, -0.1) is 0 Å². The fourth-order valence-electron chi connectivity index (χ4n) is 3.04. The molecule has 5 heteroatoms. The topological polar surface area (TPSA) is 60.9 Å². The first-order valence-corrected chi connectivity index (χ1v) is 8.05. The number of rotatable bonds is 4. The lowest BCUT2D eigenvalue weighted by molar-refractivity contribution is -0.145. The zero-order valence-corrected chi connectivity index (χ0v) is 13.5. The summed E-state index contributed by atoms with van der Waals surface area (Å²) in [5.41, 5.74) is -0.397. The van der Waals surface area contributed by atoms with Gasteiger partial charge in [0.15, 0.2) is 0 Å². The van der Waals surface area contributed by atoms with E-state index in [2.05, 4.69) is 0 Å². The molecule has 1 heterocycles. The van der Waals surface area contributed by atoms with Gasteiger partial charge in [0, 0.05) is 31.1 Å². The van der Waals surface area contributed by atoms with Gasteiger partial charge in [-0.25, -0.2) is 0 Å². The number of carbonyl (C=O) groups is 2. The molecule has 1 aliphatic carbocycles. The van der Waals surface area contributed by atoms with Crippen LogP contribution >= 0.6 is 0 Å². The molecule has 0 radical (unpaired) electrons. The van der Waals surface area contributed by atoms with E-state index in [1.54, 1.807) is 0 Å². The average molecular weight is 296 g/mol. The van der Waals surface area contributed by atoms with E-state index in [1.807, 2.05) is 30.6 Å². The third kappa shape index (κ3) is 3.96. The van der Waals surface area contributed by atoms with Gasteiger partial charge in [0.2, 0.25) is 11.8 Å². The molecule has 0 spiro atoms. The molecule has 0 aromatic rings. The summed E-state index contributed by atoms with van der Waals surface area (Å²) in [4.78, 5) is 28.7. The second-order valence-electron chi connectivity index (χ2n) is 7.33. The Balaban J connectivity index is 1.99. The molecule has 0 aromatic heterocycles. The largest absolute Gasteiger partial charge is 0.395 e. The van der Waals surface area contributed by atoms with Crippen molar-refractivity contribution in [1.29, 1.82) is 0 Å². The molecular weight excluding hydrogens is 268 g/mol. The lowest BCUT2D eigenvalue weighted by atomic mass is 9.90. The summed E-state index contributed by atoms with van der Waals surface area (Å²) in [6.45, 7) is 7.48. The van der Waals surface area contributed by atoms with Gasteiger partial charge in [-0.2, -0.15) is 0 Å². The number of aliphatic hydroxyl groups is 1. The van der Waals surface area contributed by atoms with Gasteiger partial charge in [-0.1, -0.05) is 20.8 Å². The summed E-state index contributed by atoms with van der Waals surface area (Å²) < 4.78 is 0. The van der Waals surface area contributed by atoms with Gasteiger partial charge < -0.3 is 14.9 Å². The Morgan fingerprint density at radius 1 is 1.24 bits per heavy atom. The molecule has 1 atom stereocenters. The zero-order chi connectivity index (χ0) is 15.6. The van der Waals surface area contributed by atoms with Crippen molar-refractivity contribution >= 4 is 11.8 Å². The summed E-state index contributed by atoms with van der Waals surface area (Å²) in [5.74, 6) is 0.148. The van der Waals surface area contributed by atoms with Crippen LogP contribution in [0.15, 0.2) is 0 Å². The summed E-state index contributed by atoms with van der Waals surface area (Å²) in [6, 6.07) is 0.318. The van der Waals surface area contributed by atoms with Gasteiger partial charge >= 0.3 is 0 Å². The molecule has 21 heavy (non-hydrogen) atoms.